The van der Waals surface area contributed by atoms with Crippen LogP contribution in [0.2, 0.25) is 0 Å². The molecule has 1 aliphatic rings. The van der Waals surface area contributed by atoms with E-state index >= 15 is 0 Å². The van der Waals surface area contributed by atoms with Gasteiger partial charge in [-0.1, -0.05) is 12.8 Å². The SMILES string of the molecule is Cc1ccsc1C(C(C)N)N(C)C1CCCC1. The largest absolute Gasteiger partial charge is 0.326 e. The van der Waals surface area contributed by atoms with Crippen LogP contribution in [0.15, 0.2) is 11.4 Å². The van der Waals surface area contributed by atoms with Crippen LogP contribution in [0.1, 0.15) is 49.1 Å². The van der Waals surface area contributed by atoms with Crippen molar-refractivity contribution in [3.8, 4) is 0 Å². The van der Waals surface area contributed by atoms with Gasteiger partial charge < -0.3 is 5.73 Å². The standard InChI is InChI=1S/C14H24N2S/c1-10-8-9-17-14(10)13(11(2)15)16(3)12-6-4-5-7-12/h8-9,11-13H,4-7,15H2,1-3H3. The first kappa shape index (κ1) is 13.1. The van der Waals surface area contributed by atoms with Crippen LogP contribution in [0.3, 0.4) is 0 Å². The third-order valence-corrected chi connectivity index (χ3v) is 5.10. The molecule has 0 bridgehead atoms. The first-order valence-electron chi connectivity index (χ1n) is 6.62. The van der Waals surface area contributed by atoms with Crippen LogP contribution in [-0.2, 0) is 0 Å². The van der Waals surface area contributed by atoms with Crippen molar-refractivity contribution in [3.63, 3.8) is 0 Å². The Labute approximate surface area is 109 Å². The molecule has 96 valence electrons. The van der Waals surface area contributed by atoms with E-state index < -0.39 is 0 Å². The van der Waals surface area contributed by atoms with Crippen molar-refractivity contribution in [2.24, 2.45) is 5.73 Å². The van der Waals surface area contributed by atoms with Gasteiger partial charge in [-0.05, 0) is 50.7 Å². The van der Waals surface area contributed by atoms with Gasteiger partial charge in [0.15, 0.2) is 0 Å². The number of aryl methyl sites for hydroxylation is 1. The second-order valence-corrected chi connectivity index (χ2v) is 6.32. The molecule has 1 aromatic rings. The van der Waals surface area contributed by atoms with Crippen LogP contribution in [-0.4, -0.2) is 24.0 Å². The van der Waals surface area contributed by atoms with Crippen molar-refractivity contribution in [2.75, 3.05) is 7.05 Å². The quantitative estimate of drug-likeness (QED) is 0.890. The fraction of sp³-hybridized carbons (Fsp3) is 0.714. The number of likely N-dealkylation sites (N-methyl/N-ethyl adjacent to an activating group) is 1. The van der Waals surface area contributed by atoms with E-state index in [9.17, 15) is 0 Å². The average Bonchev–Trinajstić information content (AvgIpc) is 2.90. The highest BCUT2D eigenvalue weighted by Gasteiger charge is 2.30. The predicted octanol–water partition coefficient (Wildman–Crippen LogP) is 3.32. The third kappa shape index (κ3) is 2.72. The lowest BCUT2D eigenvalue weighted by atomic mass is 10.0. The Hall–Kier alpha value is -0.380. The van der Waals surface area contributed by atoms with Crippen LogP contribution in [0.5, 0.6) is 0 Å². The lowest BCUT2D eigenvalue weighted by Gasteiger charge is -2.35. The van der Waals surface area contributed by atoms with Gasteiger partial charge in [0.1, 0.15) is 0 Å². The molecule has 1 aliphatic carbocycles. The summed E-state index contributed by atoms with van der Waals surface area (Å²) in [6.45, 7) is 4.33. The molecule has 3 heteroatoms. The molecule has 1 heterocycles. The van der Waals surface area contributed by atoms with Crippen LogP contribution in [0.4, 0.5) is 0 Å². The molecule has 2 unspecified atom stereocenters. The molecule has 1 fully saturated rings. The Morgan fingerprint density at radius 1 is 1.41 bits per heavy atom. The average molecular weight is 252 g/mol. The summed E-state index contributed by atoms with van der Waals surface area (Å²) in [5, 5.41) is 2.18. The van der Waals surface area contributed by atoms with Gasteiger partial charge in [-0.2, -0.15) is 0 Å². The molecule has 0 spiro atoms. The van der Waals surface area contributed by atoms with Crippen LogP contribution in [0.25, 0.3) is 0 Å². The zero-order chi connectivity index (χ0) is 12.4. The molecule has 2 atom stereocenters. The molecule has 1 aromatic heterocycles. The Morgan fingerprint density at radius 3 is 2.53 bits per heavy atom. The van der Waals surface area contributed by atoms with Gasteiger partial charge in [0.2, 0.25) is 0 Å². The monoisotopic (exact) mass is 252 g/mol. The van der Waals surface area contributed by atoms with E-state index in [2.05, 4.69) is 37.2 Å². The number of hydrogen-bond acceptors (Lipinski definition) is 3. The minimum atomic E-state index is 0.193. The number of nitrogens with two attached hydrogens (primary N) is 1. The van der Waals surface area contributed by atoms with Crippen molar-refractivity contribution >= 4 is 11.3 Å². The zero-order valence-corrected chi connectivity index (χ0v) is 12.0. The molecule has 1 saturated carbocycles. The molecule has 0 saturated heterocycles. The molecule has 2 rings (SSSR count). The maximum absolute atomic E-state index is 6.23. The second-order valence-electron chi connectivity index (χ2n) is 5.38. The van der Waals surface area contributed by atoms with E-state index in [0.29, 0.717) is 6.04 Å². The zero-order valence-electron chi connectivity index (χ0n) is 11.1. The number of hydrogen-bond donors (Lipinski definition) is 1. The summed E-state index contributed by atoms with van der Waals surface area (Å²) in [7, 11) is 2.25. The molecule has 0 radical (unpaired) electrons. The van der Waals surface area contributed by atoms with Gasteiger partial charge in [0, 0.05) is 17.0 Å². The van der Waals surface area contributed by atoms with E-state index in [-0.39, 0.29) is 6.04 Å². The van der Waals surface area contributed by atoms with Crippen molar-refractivity contribution in [3.05, 3.63) is 21.9 Å². The van der Waals surface area contributed by atoms with Gasteiger partial charge >= 0.3 is 0 Å². The summed E-state index contributed by atoms with van der Waals surface area (Å²) < 4.78 is 0. The summed E-state index contributed by atoms with van der Waals surface area (Å²) in [6.07, 6.45) is 5.43. The highest BCUT2D eigenvalue weighted by molar-refractivity contribution is 7.10. The van der Waals surface area contributed by atoms with Crippen molar-refractivity contribution in [1.29, 1.82) is 0 Å². The topological polar surface area (TPSA) is 29.3 Å². The minimum absolute atomic E-state index is 0.193. The molecule has 0 amide bonds. The normalized spacial score (nSPS) is 21.0. The van der Waals surface area contributed by atoms with E-state index in [1.165, 1.54) is 36.1 Å². The number of nitrogens with zero attached hydrogens (tertiary/aromatic N) is 1. The fourth-order valence-corrected chi connectivity index (χ4v) is 4.21. The highest BCUT2D eigenvalue weighted by atomic mass is 32.1. The first-order chi connectivity index (χ1) is 8.11. The van der Waals surface area contributed by atoms with E-state index in [0.717, 1.165) is 6.04 Å². The Bertz CT molecular complexity index is 353. The molecule has 0 aliphatic heterocycles. The van der Waals surface area contributed by atoms with Crippen LogP contribution < -0.4 is 5.73 Å². The maximum Gasteiger partial charge on any atom is 0.0593 e. The second kappa shape index (κ2) is 5.51. The molecule has 0 aromatic carbocycles. The minimum Gasteiger partial charge on any atom is -0.326 e. The van der Waals surface area contributed by atoms with E-state index in [1.54, 1.807) is 0 Å². The first-order valence-corrected chi connectivity index (χ1v) is 7.50. The van der Waals surface area contributed by atoms with Gasteiger partial charge in [-0.3, -0.25) is 4.90 Å². The molecule has 2 N–H and O–H groups in total. The van der Waals surface area contributed by atoms with Gasteiger partial charge in [-0.25, -0.2) is 0 Å². The summed E-state index contributed by atoms with van der Waals surface area (Å²) in [6, 6.07) is 3.52. The molecule has 17 heavy (non-hydrogen) atoms. The van der Waals surface area contributed by atoms with Crippen LogP contribution in [0, 0.1) is 6.92 Å². The molecule has 2 nitrogen and oxygen atoms in total. The Kier molecular flexibility index (Phi) is 4.23. The Morgan fingerprint density at radius 2 is 2.06 bits per heavy atom. The lowest BCUT2D eigenvalue weighted by molar-refractivity contribution is 0.159. The van der Waals surface area contributed by atoms with E-state index in [1.807, 2.05) is 11.3 Å². The number of thiophene rings is 1. The Balaban J connectivity index is 2.20. The van der Waals surface area contributed by atoms with Crippen LogP contribution >= 0.6 is 11.3 Å². The fourth-order valence-electron chi connectivity index (χ4n) is 3.02. The summed E-state index contributed by atoms with van der Waals surface area (Å²) in [5.74, 6) is 0. The summed E-state index contributed by atoms with van der Waals surface area (Å²) in [4.78, 5) is 3.98. The molecular formula is C14H24N2S. The molecular weight excluding hydrogens is 228 g/mol. The maximum atomic E-state index is 6.23. The van der Waals surface area contributed by atoms with Gasteiger partial charge in [0.05, 0.1) is 6.04 Å². The van der Waals surface area contributed by atoms with Gasteiger partial charge in [0.25, 0.3) is 0 Å². The van der Waals surface area contributed by atoms with E-state index in [4.69, 9.17) is 5.73 Å². The lowest BCUT2D eigenvalue weighted by Crippen LogP contribution is -2.41. The number of rotatable bonds is 4. The smallest absolute Gasteiger partial charge is 0.0593 e. The van der Waals surface area contributed by atoms with Gasteiger partial charge in [-0.15, -0.1) is 11.3 Å². The summed E-state index contributed by atoms with van der Waals surface area (Å²) in [5.41, 5.74) is 7.62. The summed E-state index contributed by atoms with van der Waals surface area (Å²) >= 11 is 1.85. The highest BCUT2D eigenvalue weighted by Crippen LogP contribution is 2.34. The predicted molar refractivity (Wildman–Crippen MR) is 75.5 cm³/mol. The van der Waals surface area contributed by atoms with Crippen molar-refractivity contribution < 1.29 is 0 Å². The van der Waals surface area contributed by atoms with Crippen molar-refractivity contribution in [1.82, 2.24) is 4.90 Å². The van der Waals surface area contributed by atoms with Crippen molar-refractivity contribution in [2.45, 2.75) is 57.7 Å². The third-order valence-electron chi connectivity index (χ3n) is 4.01.